The summed E-state index contributed by atoms with van der Waals surface area (Å²) in [5.74, 6) is 0.0454. The smallest absolute Gasteiger partial charge is 0.311 e. The number of likely N-dealkylation sites (tertiary alicyclic amines) is 1. The highest BCUT2D eigenvalue weighted by Crippen LogP contribution is 2.32. The topological polar surface area (TPSA) is 82.1 Å². The third kappa shape index (κ3) is 3.92. The molecule has 0 saturated carbocycles. The Kier molecular flexibility index (Phi) is 5.21. The zero-order chi connectivity index (χ0) is 17.8. The fourth-order valence-electron chi connectivity index (χ4n) is 3.03. The van der Waals surface area contributed by atoms with Gasteiger partial charge >= 0.3 is 5.97 Å². The van der Waals surface area contributed by atoms with Crippen molar-refractivity contribution in [1.82, 2.24) is 4.90 Å². The molecule has 0 bridgehead atoms. The van der Waals surface area contributed by atoms with Crippen molar-refractivity contribution < 1.29 is 28.6 Å². The average molecular weight is 347 g/mol. The minimum atomic E-state index is -0.428. The van der Waals surface area contributed by atoms with Gasteiger partial charge in [-0.15, -0.1) is 0 Å². The highest BCUT2D eigenvalue weighted by Gasteiger charge is 2.29. The maximum Gasteiger partial charge on any atom is 0.311 e. The summed E-state index contributed by atoms with van der Waals surface area (Å²) < 4.78 is 15.6. The molecule has 1 atom stereocenters. The van der Waals surface area contributed by atoms with Crippen LogP contribution in [0, 0.1) is 5.92 Å². The molecule has 0 radical (unpaired) electrons. The monoisotopic (exact) mass is 347 g/mol. The van der Waals surface area contributed by atoms with E-state index in [0.717, 1.165) is 6.42 Å². The third-order valence-corrected chi connectivity index (χ3v) is 4.45. The fraction of sp³-hybridized carbons (Fsp3) is 0.500. The first kappa shape index (κ1) is 17.3. The van der Waals surface area contributed by atoms with E-state index in [9.17, 15) is 14.4 Å². The summed E-state index contributed by atoms with van der Waals surface area (Å²) in [6, 6.07) is 4.86. The van der Waals surface area contributed by atoms with Gasteiger partial charge in [-0.2, -0.15) is 0 Å². The Hall–Kier alpha value is -2.57. The fourth-order valence-corrected chi connectivity index (χ4v) is 3.03. The largest absolute Gasteiger partial charge is 0.457 e. The molecule has 1 saturated heterocycles. The van der Waals surface area contributed by atoms with E-state index >= 15 is 0 Å². The molecule has 1 aromatic rings. The normalized spacial score (nSPS) is 18.8. The Morgan fingerprint density at radius 2 is 2.04 bits per heavy atom. The van der Waals surface area contributed by atoms with Crippen molar-refractivity contribution in [3.63, 3.8) is 0 Å². The van der Waals surface area contributed by atoms with Crippen LogP contribution in [0.2, 0.25) is 0 Å². The molecular weight excluding hydrogens is 326 g/mol. The molecule has 0 spiro atoms. The maximum atomic E-state index is 12.2. The number of carbonyl (C=O) groups is 3. The van der Waals surface area contributed by atoms with Gasteiger partial charge in [-0.3, -0.25) is 14.4 Å². The van der Waals surface area contributed by atoms with Gasteiger partial charge in [-0.25, -0.2) is 0 Å². The lowest BCUT2D eigenvalue weighted by atomic mass is 9.98. The second-order valence-electron chi connectivity index (χ2n) is 6.13. The van der Waals surface area contributed by atoms with E-state index in [1.165, 1.54) is 0 Å². The summed E-state index contributed by atoms with van der Waals surface area (Å²) in [5.41, 5.74) is 0.406. The van der Waals surface area contributed by atoms with Crippen molar-refractivity contribution in [3.8, 4) is 11.5 Å². The van der Waals surface area contributed by atoms with Crippen molar-refractivity contribution in [3.05, 3.63) is 23.8 Å². The van der Waals surface area contributed by atoms with Crippen LogP contribution >= 0.6 is 0 Å². The van der Waals surface area contributed by atoms with Crippen LogP contribution in [0.5, 0.6) is 11.5 Å². The lowest BCUT2D eigenvalue weighted by molar-refractivity contribution is -0.150. The van der Waals surface area contributed by atoms with E-state index in [-0.39, 0.29) is 31.0 Å². The number of amides is 1. The summed E-state index contributed by atoms with van der Waals surface area (Å²) in [7, 11) is 0. The molecule has 2 heterocycles. The lowest BCUT2D eigenvalue weighted by Crippen LogP contribution is -2.42. The Labute approximate surface area is 145 Å². The molecule has 2 aliphatic rings. The van der Waals surface area contributed by atoms with Crippen molar-refractivity contribution in [2.45, 2.75) is 26.2 Å². The van der Waals surface area contributed by atoms with Crippen LogP contribution in [-0.2, 0) is 14.3 Å². The minimum Gasteiger partial charge on any atom is -0.457 e. The van der Waals surface area contributed by atoms with E-state index in [2.05, 4.69) is 0 Å². The Morgan fingerprint density at radius 3 is 2.84 bits per heavy atom. The zero-order valence-electron chi connectivity index (χ0n) is 14.2. The number of esters is 1. The molecular formula is C18H21NO6. The number of hydrogen-bond donors (Lipinski definition) is 0. The third-order valence-electron chi connectivity index (χ3n) is 4.45. The number of nitrogens with zero attached hydrogens (tertiary/aromatic N) is 1. The van der Waals surface area contributed by atoms with Crippen molar-refractivity contribution in [1.29, 1.82) is 0 Å². The van der Waals surface area contributed by atoms with Crippen LogP contribution < -0.4 is 9.47 Å². The molecule has 2 aliphatic heterocycles. The predicted octanol–water partition coefficient (Wildman–Crippen LogP) is 1.79. The molecule has 3 rings (SSSR count). The van der Waals surface area contributed by atoms with Gasteiger partial charge in [0, 0.05) is 25.1 Å². The molecule has 7 heteroatoms. The Bertz CT molecular complexity index is 686. The molecule has 1 aromatic carbocycles. The number of Topliss-reactive ketones (excluding diaryl/α,β-unsaturated/α-hetero) is 1. The minimum absolute atomic E-state index is 0.0361. The van der Waals surface area contributed by atoms with Crippen LogP contribution in [-0.4, -0.2) is 49.0 Å². The molecule has 1 fully saturated rings. The zero-order valence-corrected chi connectivity index (χ0v) is 14.2. The van der Waals surface area contributed by atoms with E-state index in [0.29, 0.717) is 43.0 Å². The second kappa shape index (κ2) is 7.55. The number of carbonyl (C=O) groups excluding carboxylic acids is 3. The number of piperidine rings is 1. The van der Waals surface area contributed by atoms with E-state index in [1.54, 1.807) is 30.0 Å². The van der Waals surface area contributed by atoms with E-state index < -0.39 is 5.97 Å². The molecule has 7 nitrogen and oxygen atoms in total. The molecule has 1 unspecified atom stereocenters. The second-order valence-corrected chi connectivity index (χ2v) is 6.13. The molecule has 134 valence electrons. The van der Waals surface area contributed by atoms with Crippen LogP contribution in [0.25, 0.3) is 0 Å². The van der Waals surface area contributed by atoms with Gasteiger partial charge in [0.25, 0.3) is 0 Å². The SMILES string of the molecule is CCC(=O)N1CCCC(C(=O)OCC(=O)c2ccc3c(c2)OCO3)C1. The standard InChI is InChI=1S/C18H21NO6/c1-2-17(21)19-7-3-4-13(9-19)18(22)23-10-14(20)12-5-6-15-16(8-12)25-11-24-15/h5-6,8,13H,2-4,7,9-11H2,1H3. The quantitative estimate of drug-likeness (QED) is 0.597. The van der Waals surface area contributed by atoms with Gasteiger partial charge in [-0.05, 0) is 31.0 Å². The Balaban J connectivity index is 1.53. The Morgan fingerprint density at radius 1 is 1.24 bits per heavy atom. The van der Waals surface area contributed by atoms with Gasteiger partial charge in [0.2, 0.25) is 12.7 Å². The number of rotatable bonds is 5. The number of benzene rings is 1. The van der Waals surface area contributed by atoms with E-state index in [4.69, 9.17) is 14.2 Å². The number of fused-ring (bicyclic) bond motifs is 1. The summed E-state index contributed by atoms with van der Waals surface area (Å²) in [6.07, 6.45) is 1.86. The van der Waals surface area contributed by atoms with Gasteiger partial charge in [0.15, 0.2) is 23.9 Å². The summed E-state index contributed by atoms with van der Waals surface area (Å²) in [5, 5.41) is 0. The maximum absolute atomic E-state index is 12.2. The predicted molar refractivity (Wildman–Crippen MR) is 87.4 cm³/mol. The van der Waals surface area contributed by atoms with Crippen molar-refractivity contribution >= 4 is 17.7 Å². The summed E-state index contributed by atoms with van der Waals surface area (Å²) in [4.78, 5) is 37.9. The van der Waals surface area contributed by atoms with Gasteiger partial charge < -0.3 is 19.1 Å². The molecule has 0 aliphatic carbocycles. The number of ether oxygens (including phenoxy) is 3. The number of hydrogen-bond acceptors (Lipinski definition) is 6. The first-order valence-corrected chi connectivity index (χ1v) is 8.45. The summed E-state index contributed by atoms with van der Waals surface area (Å²) in [6.45, 7) is 2.65. The van der Waals surface area contributed by atoms with Crippen LogP contribution in [0.4, 0.5) is 0 Å². The molecule has 25 heavy (non-hydrogen) atoms. The summed E-state index contributed by atoms with van der Waals surface area (Å²) >= 11 is 0. The van der Waals surface area contributed by atoms with Gasteiger partial charge in [0.05, 0.1) is 5.92 Å². The highest BCUT2D eigenvalue weighted by molar-refractivity contribution is 5.98. The average Bonchev–Trinajstić information content (AvgIpc) is 3.13. The number of ketones is 1. The van der Waals surface area contributed by atoms with Gasteiger partial charge in [-0.1, -0.05) is 6.92 Å². The molecule has 1 amide bonds. The highest BCUT2D eigenvalue weighted by atomic mass is 16.7. The first-order chi connectivity index (χ1) is 12.1. The van der Waals surface area contributed by atoms with Crippen LogP contribution in [0.3, 0.4) is 0 Å². The van der Waals surface area contributed by atoms with E-state index in [1.807, 2.05) is 0 Å². The lowest BCUT2D eigenvalue weighted by Gasteiger charge is -2.31. The molecule has 0 aromatic heterocycles. The molecule has 0 N–H and O–H groups in total. The van der Waals surface area contributed by atoms with Gasteiger partial charge in [0.1, 0.15) is 0 Å². The van der Waals surface area contributed by atoms with Crippen LogP contribution in [0.1, 0.15) is 36.5 Å². The first-order valence-electron chi connectivity index (χ1n) is 8.45. The van der Waals surface area contributed by atoms with Crippen molar-refractivity contribution in [2.24, 2.45) is 5.92 Å². The van der Waals surface area contributed by atoms with Crippen molar-refractivity contribution in [2.75, 3.05) is 26.5 Å². The van der Waals surface area contributed by atoms with Crippen LogP contribution in [0.15, 0.2) is 18.2 Å².